The first-order chi connectivity index (χ1) is 8.56. The van der Waals surface area contributed by atoms with Gasteiger partial charge in [0.2, 0.25) is 0 Å². The number of hydrogen-bond donors (Lipinski definition) is 2. The second kappa shape index (κ2) is 5.02. The minimum absolute atomic E-state index is 0.00572. The Morgan fingerprint density at radius 3 is 2.56 bits per heavy atom. The molecule has 1 aromatic carbocycles. The Morgan fingerprint density at radius 1 is 1.33 bits per heavy atom. The van der Waals surface area contributed by atoms with Crippen LogP contribution in [0.25, 0.3) is 0 Å². The van der Waals surface area contributed by atoms with Crippen LogP contribution >= 0.6 is 0 Å². The quantitative estimate of drug-likeness (QED) is 0.861. The van der Waals surface area contributed by atoms with Crippen molar-refractivity contribution in [2.45, 2.75) is 19.3 Å². The molecule has 0 spiro atoms. The number of rotatable bonds is 4. The van der Waals surface area contributed by atoms with Crippen LogP contribution in [0.15, 0.2) is 18.2 Å². The van der Waals surface area contributed by atoms with Crippen LogP contribution in [-0.4, -0.2) is 19.0 Å². The zero-order valence-electron chi connectivity index (χ0n) is 10.0. The van der Waals surface area contributed by atoms with Crippen LogP contribution < -0.4 is 11.1 Å². The summed E-state index contributed by atoms with van der Waals surface area (Å²) in [7, 11) is 0. The van der Waals surface area contributed by atoms with Crippen molar-refractivity contribution in [1.82, 2.24) is 5.32 Å². The van der Waals surface area contributed by atoms with Gasteiger partial charge in [0.25, 0.3) is 5.91 Å². The normalized spacial score (nSPS) is 17.1. The van der Waals surface area contributed by atoms with Gasteiger partial charge in [0, 0.05) is 12.1 Å². The Bertz CT molecular complexity index is 453. The van der Waals surface area contributed by atoms with E-state index >= 15 is 0 Å². The third kappa shape index (κ3) is 2.51. The molecule has 0 aromatic heterocycles. The van der Waals surface area contributed by atoms with Gasteiger partial charge in [-0.2, -0.15) is 0 Å². The highest BCUT2D eigenvalue weighted by Gasteiger charge is 2.35. The SMILES string of the molecule is NCC1(CNC(=O)c2ccc(F)c(F)c2)CCC1. The van der Waals surface area contributed by atoms with Crippen molar-refractivity contribution in [3.63, 3.8) is 0 Å². The predicted octanol–water partition coefficient (Wildman–Crippen LogP) is 1.82. The third-order valence-corrected chi connectivity index (χ3v) is 3.65. The molecular formula is C13H16F2N2O. The highest BCUT2D eigenvalue weighted by molar-refractivity contribution is 5.94. The highest BCUT2D eigenvalue weighted by Crippen LogP contribution is 2.39. The topological polar surface area (TPSA) is 55.1 Å². The van der Waals surface area contributed by atoms with Crippen molar-refractivity contribution >= 4 is 5.91 Å². The number of hydrogen-bond acceptors (Lipinski definition) is 2. The van der Waals surface area contributed by atoms with Gasteiger partial charge in [-0.15, -0.1) is 0 Å². The van der Waals surface area contributed by atoms with Crippen LogP contribution in [-0.2, 0) is 0 Å². The minimum Gasteiger partial charge on any atom is -0.351 e. The van der Waals surface area contributed by atoms with Crippen molar-refractivity contribution in [3.05, 3.63) is 35.4 Å². The monoisotopic (exact) mass is 254 g/mol. The zero-order valence-corrected chi connectivity index (χ0v) is 10.0. The van der Waals surface area contributed by atoms with E-state index in [2.05, 4.69) is 5.32 Å². The summed E-state index contributed by atoms with van der Waals surface area (Å²) in [6.07, 6.45) is 3.13. The van der Waals surface area contributed by atoms with Gasteiger partial charge in [0.05, 0.1) is 0 Å². The smallest absolute Gasteiger partial charge is 0.251 e. The molecule has 0 saturated heterocycles. The van der Waals surface area contributed by atoms with Crippen LogP contribution in [0.1, 0.15) is 29.6 Å². The first kappa shape index (κ1) is 13.0. The van der Waals surface area contributed by atoms with E-state index in [1.54, 1.807) is 0 Å². The van der Waals surface area contributed by atoms with E-state index in [9.17, 15) is 13.6 Å². The Morgan fingerprint density at radius 2 is 2.06 bits per heavy atom. The molecule has 1 fully saturated rings. The molecule has 0 radical (unpaired) electrons. The van der Waals surface area contributed by atoms with Crippen LogP contribution in [0.5, 0.6) is 0 Å². The van der Waals surface area contributed by atoms with Crippen molar-refractivity contribution in [2.75, 3.05) is 13.1 Å². The van der Waals surface area contributed by atoms with Crippen molar-refractivity contribution < 1.29 is 13.6 Å². The Balaban J connectivity index is 1.97. The number of carbonyl (C=O) groups is 1. The van der Waals surface area contributed by atoms with E-state index in [1.165, 1.54) is 6.07 Å². The Labute approximate surface area is 104 Å². The maximum absolute atomic E-state index is 13.0. The molecule has 1 aromatic rings. The third-order valence-electron chi connectivity index (χ3n) is 3.65. The average Bonchev–Trinajstić information content (AvgIpc) is 2.31. The van der Waals surface area contributed by atoms with E-state index < -0.39 is 17.5 Å². The molecule has 1 amide bonds. The molecule has 0 unspecified atom stereocenters. The molecular weight excluding hydrogens is 238 g/mol. The Kier molecular flexibility index (Phi) is 3.61. The van der Waals surface area contributed by atoms with E-state index in [0.717, 1.165) is 31.4 Å². The maximum Gasteiger partial charge on any atom is 0.251 e. The van der Waals surface area contributed by atoms with Crippen molar-refractivity contribution in [2.24, 2.45) is 11.1 Å². The van der Waals surface area contributed by atoms with Gasteiger partial charge >= 0.3 is 0 Å². The lowest BCUT2D eigenvalue weighted by Gasteiger charge is -2.41. The molecule has 3 N–H and O–H groups in total. The minimum atomic E-state index is -1.01. The second-order valence-electron chi connectivity index (χ2n) is 4.87. The van der Waals surface area contributed by atoms with Crippen LogP contribution in [0.3, 0.4) is 0 Å². The van der Waals surface area contributed by atoms with Gasteiger partial charge in [0.15, 0.2) is 11.6 Å². The summed E-state index contributed by atoms with van der Waals surface area (Å²) in [4.78, 5) is 11.8. The number of carbonyl (C=O) groups excluding carboxylic acids is 1. The lowest BCUT2D eigenvalue weighted by Crippen LogP contribution is -2.46. The molecule has 0 atom stereocenters. The summed E-state index contributed by atoms with van der Waals surface area (Å²) in [5.74, 6) is -2.36. The fourth-order valence-corrected chi connectivity index (χ4v) is 2.14. The summed E-state index contributed by atoms with van der Waals surface area (Å²) in [6, 6.07) is 3.12. The predicted molar refractivity (Wildman–Crippen MR) is 64.0 cm³/mol. The van der Waals surface area contributed by atoms with Gasteiger partial charge in [-0.25, -0.2) is 8.78 Å². The van der Waals surface area contributed by atoms with Crippen LogP contribution in [0.4, 0.5) is 8.78 Å². The molecule has 1 aliphatic carbocycles. The van der Waals surface area contributed by atoms with Gasteiger partial charge in [-0.1, -0.05) is 6.42 Å². The van der Waals surface area contributed by atoms with Gasteiger partial charge in [-0.3, -0.25) is 4.79 Å². The molecule has 0 aliphatic heterocycles. The maximum atomic E-state index is 13.0. The van der Waals surface area contributed by atoms with E-state index in [-0.39, 0.29) is 11.0 Å². The molecule has 1 aliphatic rings. The largest absolute Gasteiger partial charge is 0.351 e. The fraction of sp³-hybridized carbons (Fsp3) is 0.462. The summed E-state index contributed by atoms with van der Waals surface area (Å²) in [6.45, 7) is 1.02. The second-order valence-corrected chi connectivity index (χ2v) is 4.87. The fourth-order valence-electron chi connectivity index (χ4n) is 2.14. The lowest BCUT2D eigenvalue weighted by atomic mass is 9.69. The van der Waals surface area contributed by atoms with Crippen LogP contribution in [0.2, 0.25) is 0 Å². The molecule has 98 valence electrons. The molecule has 0 bridgehead atoms. The standard InChI is InChI=1S/C13H16F2N2O/c14-10-3-2-9(6-11(10)15)12(18)17-8-13(7-16)4-1-5-13/h2-3,6H,1,4-5,7-8,16H2,(H,17,18). The molecule has 2 rings (SSSR count). The number of amides is 1. The van der Waals surface area contributed by atoms with E-state index in [1.807, 2.05) is 0 Å². The van der Waals surface area contributed by atoms with Crippen molar-refractivity contribution in [1.29, 1.82) is 0 Å². The van der Waals surface area contributed by atoms with Gasteiger partial charge < -0.3 is 11.1 Å². The van der Waals surface area contributed by atoms with Gasteiger partial charge in [-0.05, 0) is 43.0 Å². The number of nitrogens with one attached hydrogen (secondary N) is 1. The van der Waals surface area contributed by atoms with E-state index in [0.29, 0.717) is 13.1 Å². The highest BCUT2D eigenvalue weighted by atomic mass is 19.2. The summed E-state index contributed by atoms with van der Waals surface area (Å²) >= 11 is 0. The number of benzene rings is 1. The summed E-state index contributed by atoms with van der Waals surface area (Å²) in [5, 5.41) is 2.73. The summed E-state index contributed by atoms with van der Waals surface area (Å²) < 4.78 is 25.7. The molecule has 5 heteroatoms. The van der Waals surface area contributed by atoms with Crippen molar-refractivity contribution in [3.8, 4) is 0 Å². The molecule has 0 heterocycles. The summed E-state index contributed by atoms with van der Waals surface area (Å²) in [5.41, 5.74) is 5.80. The van der Waals surface area contributed by atoms with Crippen LogP contribution in [0, 0.1) is 17.0 Å². The van der Waals surface area contributed by atoms with E-state index in [4.69, 9.17) is 5.73 Å². The first-order valence-corrected chi connectivity index (χ1v) is 6.00. The number of halogens is 2. The first-order valence-electron chi connectivity index (χ1n) is 6.00. The zero-order chi connectivity index (χ0) is 13.2. The molecule has 1 saturated carbocycles. The van der Waals surface area contributed by atoms with Gasteiger partial charge in [0.1, 0.15) is 0 Å². The molecule has 18 heavy (non-hydrogen) atoms. The molecule has 3 nitrogen and oxygen atoms in total. The lowest BCUT2D eigenvalue weighted by molar-refractivity contribution is 0.0876. The Hall–Kier alpha value is -1.49. The average molecular weight is 254 g/mol. The number of nitrogens with two attached hydrogens (primary N) is 1.